The molecule has 0 spiro atoms. The molecule has 2 atom stereocenters. The summed E-state index contributed by atoms with van der Waals surface area (Å²) >= 11 is 6.62. The van der Waals surface area contributed by atoms with Crippen LogP contribution in [0.5, 0.6) is 0 Å². The molecule has 6 nitrogen and oxygen atoms in total. The number of nitrogens with zero attached hydrogens (tertiary/aromatic N) is 3. The van der Waals surface area contributed by atoms with Crippen LogP contribution in [0.1, 0.15) is 43.1 Å². The van der Waals surface area contributed by atoms with Crippen LogP contribution in [0.3, 0.4) is 0 Å². The number of hydrogen-bond donors (Lipinski definition) is 0. The number of carbonyl (C=O) groups excluding carboxylic acids is 1. The van der Waals surface area contributed by atoms with E-state index in [4.69, 9.17) is 11.6 Å². The molecule has 2 saturated heterocycles. The molecule has 0 N–H and O–H groups in total. The predicted molar refractivity (Wildman–Crippen MR) is 128 cm³/mol. The number of benzene rings is 2. The molecule has 8 heteroatoms. The van der Waals surface area contributed by atoms with Gasteiger partial charge in [0.25, 0.3) is 0 Å². The van der Waals surface area contributed by atoms with Gasteiger partial charge in [0, 0.05) is 45.7 Å². The van der Waals surface area contributed by atoms with Crippen molar-refractivity contribution in [3.05, 3.63) is 64.7 Å². The topological polar surface area (TPSA) is 60.9 Å². The van der Waals surface area contributed by atoms with E-state index in [1.54, 1.807) is 11.2 Å². The number of amides is 1. The summed E-state index contributed by atoms with van der Waals surface area (Å²) in [5, 5.41) is 0.104. The smallest absolute Gasteiger partial charge is 0.221 e. The Labute approximate surface area is 195 Å². The van der Waals surface area contributed by atoms with Crippen molar-refractivity contribution >= 4 is 33.2 Å². The summed E-state index contributed by atoms with van der Waals surface area (Å²) in [6.07, 6.45) is 1.46. The fourth-order valence-corrected chi connectivity index (χ4v) is 7.22. The Bertz CT molecular complexity index is 1070. The maximum atomic E-state index is 13.5. The van der Waals surface area contributed by atoms with Crippen molar-refractivity contribution in [1.29, 1.82) is 0 Å². The molecule has 0 bridgehead atoms. The molecule has 172 valence electrons. The Morgan fingerprint density at radius 2 is 1.72 bits per heavy atom. The minimum absolute atomic E-state index is 0.0573. The third-order valence-corrected chi connectivity index (χ3v) is 9.28. The minimum atomic E-state index is -3.48. The number of piperazine rings is 1. The SMILES string of the molecule is CC(=O)N1CCN(c2ccc(CN3[C@@H](C)CCC(c4ccccc4)S3(=O)=O)cc2Cl)CC1. The molecule has 2 aromatic rings. The second-order valence-corrected chi connectivity index (χ2v) is 11.2. The lowest BCUT2D eigenvalue weighted by Gasteiger charge is -2.38. The first-order valence-corrected chi connectivity index (χ1v) is 13.0. The van der Waals surface area contributed by atoms with Crippen molar-refractivity contribution in [2.45, 2.75) is 44.5 Å². The van der Waals surface area contributed by atoms with E-state index >= 15 is 0 Å². The molecule has 4 rings (SSSR count). The van der Waals surface area contributed by atoms with Gasteiger partial charge < -0.3 is 9.80 Å². The molecular formula is C24H30ClN3O3S. The average molecular weight is 476 g/mol. The fraction of sp³-hybridized carbons (Fsp3) is 0.458. The lowest BCUT2D eigenvalue weighted by molar-refractivity contribution is -0.129. The quantitative estimate of drug-likeness (QED) is 0.669. The highest BCUT2D eigenvalue weighted by atomic mass is 35.5. The van der Waals surface area contributed by atoms with E-state index in [0.29, 0.717) is 31.1 Å². The standard InChI is InChI=1S/C24H30ClN3O3S/c1-18-8-11-24(21-6-4-3-5-7-21)32(30,31)28(18)17-20-9-10-23(22(25)16-20)27-14-12-26(13-15-27)19(2)29/h3-7,9-10,16,18,24H,8,11-15,17H2,1-2H3/t18-,24?/m0/s1. The van der Waals surface area contributed by atoms with Gasteiger partial charge in [-0.2, -0.15) is 4.31 Å². The Balaban J connectivity index is 1.51. The summed E-state index contributed by atoms with van der Waals surface area (Å²) in [5.74, 6) is 0.0942. The fourth-order valence-electron chi connectivity index (χ4n) is 4.70. The summed E-state index contributed by atoms with van der Waals surface area (Å²) in [6, 6.07) is 15.2. The summed E-state index contributed by atoms with van der Waals surface area (Å²) in [4.78, 5) is 15.6. The van der Waals surface area contributed by atoms with Crippen LogP contribution in [0.15, 0.2) is 48.5 Å². The van der Waals surface area contributed by atoms with Crippen molar-refractivity contribution in [2.24, 2.45) is 0 Å². The van der Waals surface area contributed by atoms with Crippen LogP contribution < -0.4 is 4.90 Å². The second kappa shape index (κ2) is 9.41. The van der Waals surface area contributed by atoms with Crippen molar-refractivity contribution in [1.82, 2.24) is 9.21 Å². The van der Waals surface area contributed by atoms with Gasteiger partial charge in [0.05, 0.1) is 10.7 Å². The van der Waals surface area contributed by atoms with Crippen LogP contribution in [0.25, 0.3) is 0 Å². The number of carbonyl (C=O) groups is 1. The van der Waals surface area contributed by atoms with E-state index in [2.05, 4.69) is 4.90 Å². The van der Waals surface area contributed by atoms with Crippen molar-refractivity contribution < 1.29 is 13.2 Å². The Morgan fingerprint density at radius 3 is 2.34 bits per heavy atom. The highest BCUT2D eigenvalue weighted by molar-refractivity contribution is 7.89. The van der Waals surface area contributed by atoms with Crippen LogP contribution in [0, 0.1) is 0 Å². The molecule has 2 fully saturated rings. The van der Waals surface area contributed by atoms with Gasteiger partial charge in [0.1, 0.15) is 5.25 Å². The maximum absolute atomic E-state index is 13.5. The monoisotopic (exact) mass is 475 g/mol. The third kappa shape index (κ3) is 4.65. The van der Waals surface area contributed by atoms with Gasteiger partial charge in [0.2, 0.25) is 15.9 Å². The largest absolute Gasteiger partial charge is 0.367 e. The zero-order valence-electron chi connectivity index (χ0n) is 18.6. The normalized spacial score (nSPS) is 23.8. The van der Waals surface area contributed by atoms with Crippen LogP contribution in [-0.4, -0.2) is 55.8 Å². The molecule has 2 heterocycles. The second-order valence-electron chi connectivity index (χ2n) is 8.69. The molecule has 0 aliphatic carbocycles. The molecule has 0 radical (unpaired) electrons. The Hall–Kier alpha value is -2.09. The molecule has 2 aliphatic heterocycles. The highest BCUT2D eigenvalue weighted by Crippen LogP contribution is 2.38. The lowest BCUT2D eigenvalue weighted by atomic mass is 10.0. The first-order chi connectivity index (χ1) is 15.3. The summed E-state index contributed by atoms with van der Waals surface area (Å²) in [6.45, 7) is 6.70. The molecule has 1 amide bonds. The molecule has 2 aliphatic rings. The first-order valence-electron chi connectivity index (χ1n) is 11.1. The summed E-state index contributed by atoms with van der Waals surface area (Å²) < 4.78 is 28.6. The maximum Gasteiger partial charge on any atom is 0.221 e. The molecule has 2 aromatic carbocycles. The average Bonchev–Trinajstić information content (AvgIpc) is 2.77. The molecular weight excluding hydrogens is 446 g/mol. The predicted octanol–water partition coefficient (Wildman–Crippen LogP) is 4.06. The van der Waals surface area contributed by atoms with E-state index in [9.17, 15) is 13.2 Å². The molecule has 32 heavy (non-hydrogen) atoms. The number of hydrogen-bond acceptors (Lipinski definition) is 4. The van der Waals surface area contributed by atoms with Crippen LogP contribution >= 0.6 is 11.6 Å². The van der Waals surface area contributed by atoms with Gasteiger partial charge in [-0.05, 0) is 43.0 Å². The van der Waals surface area contributed by atoms with Crippen LogP contribution in [-0.2, 0) is 21.4 Å². The van der Waals surface area contributed by atoms with Gasteiger partial charge in [-0.25, -0.2) is 8.42 Å². The van der Waals surface area contributed by atoms with Gasteiger partial charge in [-0.15, -0.1) is 0 Å². The third-order valence-electron chi connectivity index (χ3n) is 6.61. The zero-order valence-corrected chi connectivity index (χ0v) is 20.1. The Morgan fingerprint density at radius 1 is 1.03 bits per heavy atom. The van der Waals surface area contributed by atoms with Crippen molar-refractivity contribution in [3.8, 4) is 0 Å². The Kier molecular flexibility index (Phi) is 6.79. The van der Waals surface area contributed by atoms with E-state index < -0.39 is 15.3 Å². The van der Waals surface area contributed by atoms with Crippen LogP contribution in [0.2, 0.25) is 5.02 Å². The number of halogens is 1. The van der Waals surface area contributed by atoms with Gasteiger partial charge in [-0.1, -0.05) is 48.0 Å². The zero-order chi connectivity index (χ0) is 22.9. The highest BCUT2D eigenvalue weighted by Gasteiger charge is 2.40. The molecule has 0 saturated carbocycles. The van der Waals surface area contributed by atoms with Gasteiger partial charge in [-0.3, -0.25) is 4.79 Å². The number of sulfonamides is 1. The van der Waals surface area contributed by atoms with Crippen LogP contribution in [0.4, 0.5) is 5.69 Å². The van der Waals surface area contributed by atoms with E-state index in [1.807, 2.05) is 60.4 Å². The molecule has 1 unspecified atom stereocenters. The van der Waals surface area contributed by atoms with Crippen molar-refractivity contribution in [2.75, 3.05) is 31.1 Å². The lowest BCUT2D eigenvalue weighted by Crippen LogP contribution is -2.48. The van der Waals surface area contributed by atoms with Gasteiger partial charge in [0.15, 0.2) is 0 Å². The first kappa shape index (κ1) is 23.1. The van der Waals surface area contributed by atoms with E-state index in [0.717, 1.165) is 36.3 Å². The number of rotatable bonds is 4. The summed E-state index contributed by atoms with van der Waals surface area (Å²) in [7, 11) is -3.48. The minimum Gasteiger partial charge on any atom is -0.367 e. The van der Waals surface area contributed by atoms with Crippen molar-refractivity contribution in [3.63, 3.8) is 0 Å². The van der Waals surface area contributed by atoms with E-state index in [1.165, 1.54) is 0 Å². The number of anilines is 1. The molecule has 0 aromatic heterocycles. The summed E-state index contributed by atoms with van der Waals surface area (Å²) in [5.41, 5.74) is 2.66. The van der Waals surface area contributed by atoms with Gasteiger partial charge >= 0.3 is 0 Å². The van der Waals surface area contributed by atoms with E-state index in [-0.39, 0.29) is 11.9 Å².